The van der Waals surface area contributed by atoms with Gasteiger partial charge in [0.1, 0.15) is 0 Å². The maximum atomic E-state index is 10.6. The van der Waals surface area contributed by atoms with Crippen LogP contribution in [0.5, 0.6) is 0 Å². The summed E-state index contributed by atoms with van der Waals surface area (Å²) in [6.07, 6.45) is 0. The van der Waals surface area contributed by atoms with Gasteiger partial charge in [-0.1, -0.05) is 5.16 Å². The first-order valence-corrected chi connectivity index (χ1v) is 6.73. The van der Waals surface area contributed by atoms with E-state index >= 15 is 0 Å². The van der Waals surface area contributed by atoms with E-state index in [0.717, 1.165) is 0 Å². The van der Waals surface area contributed by atoms with Crippen LogP contribution < -0.4 is 0 Å². The smallest absolute Gasteiger partial charge is 0.269 e. The molecule has 0 aliphatic carbocycles. The Balaban J connectivity index is 2.06. The first-order chi connectivity index (χ1) is 10.2. The molecule has 0 bridgehead atoms. The zero-order valence-electron chi connectivity index (χ0n) is 12.7. The van der Waals surface area contributed by atoms with Crippen LogP contribution >= 0.6 is 0 Å². The number of likely N-dealkylation sites (N-methyl/N-ethyl adjacent to an activating group) is 1. The van der Waals surface area contributed by atoms with Crippen molar-refractivity contribution < 1.29 is 14.6 Å². The van der Waals surface area contributed by atoms with E-state index in [9.17, 15) is 15.2 Å². The van der Waals surface area contributed by atoms with Gasteiger partial charge < -0.3 is 9.63 Å². The summed E-state index contributed by atoms with van der Waals surface area (Å²) in [5.74, 6) is 0.793. The van der Waals surface area contributed by atoms with Crippen LogP contribution in [0.1, 0.15) is 19.7 Å². The van der Waals surface area contributed by atoms with Gasteiger partial charge in [0.25, 0.3) is 5.69 Å². The van der Waals surface area contributed by atoms with Crippen molar-refractivity contribution in [2.75, 3.05) is 13.6 Å². The summed E-state index contributed by atoms with van der Waals surface area (Å²) < 4.78 is 5.16. The Kier molecular flexibility index (Phi) is 4.53. The van der Waals surface area contributed by atoms with Crippen molar-refractivity contribution in [3.63, 3.8) is 0 Å². The van der Waals surface area contributed by atoms with E-state index < -0.39 is 10.5 Å². The molecule has 0 radical (unpaired) electrons. The quantitative estimate of drug-likeness (QED) is 0.641. The lowest BCUT2D eigenvalue weighted by atomic mass is 10.1. The molecule has 118 valence electrons. The van der Waals surface area contributed by atoms with Gasteiger partial charge in [-0.3, -0.25) is 15.0 Å². The minimum absolute atomic E-state index is 0.0115. The van der Waals surface area contributed by atoms with E-state index in [1.165, 1.54) is 12.1 Å². The fraction of sp³-hybridized carbons (Fsp3) is 0.429. The van der Waals surface area contributed by atoms with Crippen molar-refractivity contribution in [3.8, 4) is 11.4 Å². The molecule has 0 spiro atoms. The van der Waals surface area contributed by atoms with Crippen LogP contribution in [0, 0.1) is 10.1 Å². The third-order valence-electron chi connectivity index (χ3n) is 2.87. The van der Waals surface area contributed by atoms with Gasteiger partial charge in [0, 0.05) is 24.2 Å². The maximum Gasteiger partial charge on any atom is 0.269 e. The van der Waals surface area contributed by atoms with E-state index in [1.807, 2.05) is 11.9 Å². The van der Waals surface area contributed by atoms with Crippen LogP contribution in [-0.2, 0) is 6.54 Å². The van der Waals surface area contributed by atoms with Crippen molar-refractivity contribution in [2.24, 2.45) is 0 Å². The van der Waals surface area contributed by atoms with Gasteiger partial charge in [-0.05, 0) is 33.0 Å². The molecule has 1 aromatic heterocycles. The lowest BCUT2D eigenvalue weighted by Crippen LogP contribution is -2.35. The first-order valence-electron chi connectivity index (χ1n) is 6.73. The van der Waals surface area contributed by atoms with Crippen LogP contribution in [-0.4, -0.2) is 44.3 Å². The molecule has 0 amide bonds. The van der Waals surface area contributed by atoms with Gasteiger partial charge in [0.15, 0.2) is 0 Å². The Morgan fingerprint density at radius 3 is 2.55 bits per heavy atom. The number of rotatable bonds is 6. The molecule has 2 aromatic rings. The zero-order valence-corrected chi connectivity index (χ0v) is 12.7. The summed E-state index contributed by atoms with van der Waals surface area (Å²) in [6.45, 7) is 4.31. The van der Waals surface area contributed by atoms with Gasteiger partial charge in [0.2, 0.25) is 11.7 Å². The molecule has 0 unspecified atom stereocenters. The third-order valence-corrected chi connectivity index (χ3v) is 2.87. The topological polar surface area (TPSA) is 106 Å². The van der Waals surface area contributed by atoms with Gasteiger partial charge in [0.05, 0.1) is 17.1 Å². The predicted octanol–water partition coefficient (Wildman–Crippen LogP) is 1.85. The summed E-state index contributed by atoms with van der Waals surface area (Å²) in [4.78, 5) is 16.3. The van der Waals surface area contributed by atoms with Crippen molar-refractivity contribution >= 4 is 5.69 Å². The molecule has 0 saturated carbocycles. The summed E-state index contributed by atoms with van der Waals surface area (Å²) in [5, 5.41) is 24.2. The Morgan fingerprint density at radius 2 is 2.00 bits per heavy atom. The van der Waals surface area contributed by atoms with E-state index in [2.05, 4.69) is 10.1 Å². The van der Waals surface area contributed by atoms with Crippen LogP contribution in [0.4, 0.5) is 5.69 Å². The largest absolute Gasteiger partial charge is 0.389 e. The van der Waals surface area contributed by atoms with Gasteiger partial charge in [-0.15, -0.1) is 0 Å². The number of nitro benzene ring substituents is 1. The fourth-order valence-corrected chi connectivity index (χ4v) is 2.12. The molecule has 8 heteroatoms. The summed E-state index contributed by atoms with van der Waals surface area (Å²) >= 11 is 0. The van der Waals surface area contributed by atoms with Crippen LogP contribution in [0.3, 0.4) is 0 Å². The Morgan fingerprint density at radius 1 is 1.36 bits per heavy atom. The standard InChI is InChI=1S/C14H18N4O4/c1-14(2,19)9-17(3)8-12-15-13(16-22-12)10-4-6-11(7-5-10)18(20)21/h4-7,19H,8-9H2,1-3H3. The number of nitrogens with zero attached hydrogens (tertiary/aromatic N) is 4. The molecule has 0 saturated heterocycles. The molecule has 8 nitrogen and oxygen atoms in total. The zero-order chi connectivity index (χ0) is 16.3. The molecule has 0 fully saturated rings. The predicted molar refractivity (Wildman–Crippen MR) is 79.0 cm³/mol. The molecule has 1 N–H and O–H groups in total. The second-order valence-electron chi connectivity index (χ2n) is 5.80. The number of benzene rings is 1. The molecule has 0 aliphatic heterocycles. The lowest BCUT2D eigenvalue weighted by molar-refractivity contribution is -0.384. The van der Waals surface area contributed by atoms with Crippen molar-refractivity contribution in [1.82, 2.24) is 15.0 Å². The van der Waals surface area contributed by atoms with Crippen molar-refractivity contribution in [1.29, 1.82) is 0 Å². The highest BCUT2D eigenvalue weighted by molar-refractivity contribution is 5.56. The summed E-state index contributed by atoms with van der Waals surface area (Å²) in [6, 6.07) is 5.94. The van der Waals surface area contributed by atoms with Gasteiger partial charge in [-0.25, -0.2) is 0 Å². The number of aromatic nitrogens is 2. The van der Waals surface area contributed by atoms with Crippen LogP contribution in [0.15, 0.2) is 28.8 Å². The highest BCUT2D eigenvalue weighted by atomic mass is 16.6. The van der Waals surface area contributed by atoms with E-state index in [-0.39, 0.29) is 5.69 Å². The highest BCUT2D eigenvalue weighted by Gasteiger charge is 2.18. The second-order valence-corrected chi connectivity index (χ2v) is 5.80. The molecule has 1 heterocycles. The average Bonchev–Trinajstić information content (AvgIpc) is 2.85. The summed E-state index contributed by atoms with van der Waals surface area (Å²) in [5.41, 5.74) is -0.154. The SMILES string of the molecule is CN(Cc1nc(-c2ccc([N+](=O)[O-])cc2)no1)CC(C)(C)O. The minimum atomic E-state index is -0.810. The number of hydrogen-bond donors (Lipinski definition) is 1. The average molecular weight is 306 g/mol. The Hall–Kier alpha value is -2.32. The first kappa shape index (κ1) is 16.1. The summed E-state index contributed by atoms with van der Waals surface area (Å²) in [7, 11) is 1.84. The lowest BCUT2D eigenvalue weighted by Gasteiger charge is -2.23. The number of nitro groups is 1. The Bertz CT molecular complexity index is 646. The van der Waals surface area contributed by atoms with Gasteiger partial charge >= 0.3 is 0 Å². The molecule has 1 aromatic carbocycles. The molecule has 2 rings (SSSR count). The molecule has 0 aliphatic rings. The third kappa shape index (κ3) is 4.34. The number of aliphatic hydroxyl groups is 1. The van der Waals surface area contributed by atoms with Crippen molar-refractivity contribution in [3.05, 3.63) is 40.3 Å². The Labute approximate surface area is 127 Å². The molecular formula is C14H18N4O4. The van der Waals surface area contributed by atoms with E-state index in [4.69, 9.17) is 4.52 Å². The number of non-ortho nitro benzene ring substituents is 1. The van der Waals surface area contributed by atoms with E-state index in [1.54, 1.807) is 26.0 Å². The molecule has 22 heavy (non-hydrogen) atoms. The number of hydrogen-bond acceptors (Lipinski definition) is 7. The van der Waals surface area contributed by atoms with E-state index in [0.29, 0.717) is 30.4 Å². The highest BCUT2D eigenvalue weighted by Crippen LogP contribution is 2.20. The fourth-order valence-electron chi connectivity index (χ4n) is 2.12. The van der Waals surface area contributed by atoms with Crippen molar-refractivity contribution in [2.45, 2.75) is 26.0 Å². The monoisotopic (exact) mass is 306 g/mol. The normalized spacial score (nSPS) is 11.9. The van der Waals surface area contributed by atoms with Crippen LogP contribution in [0.25, 0.3) is 11.4 Å². The maximum absolute atomic E-state index is 10.6. The van der Waals surface area contributed by atoms with Crippen LogP contribution in [0.2, 0.25) is 0 Å². The minimum Gasteiger partial charge on any atom is -0.389 e. The van der Waals surface area contributed by atoms with Gasteiger partial charge in [-0.2, -0.15) is 4.98 Å². The second kappa shape index (κ2) is 6.20. The molecular weight excluding hydrogens is 288 g/mol. The molecule has 0 atom stereocenters.